The van der Waals surface area contributed by atoms with Gasteiger partial charge in [-0.15, -0.1) is 0 Å². The number of thioether (sulfide) groups is 1. The number of carbonyl (C=O) groups is 1. The fraction of sp³-hybridized carbons (Fsp3) is 0.909. The molecule has 0 aliphatic carbocycles. The predicted molar refractivity (Wildman–Crippen MR) is 64.2 cm³/mol. The lowest BCUT2D eigenvalue weighted by molar-refractivity contribution is -0.154. The van der Waals surface area contributed by atoms with Crippen molar-refractivity contribution in [3.63, 3.8) is 0 Å². The number of ether oxygens (including phenoxy) is 1. The first-order valence-electron chi connectivity index (χ1n) is 5.50. The molecule has 88 valence electrons. The lowest BCUT2D eigenvalue weighted by Gasteiger charge is -2.19. The molecule has 0 saturated carbocycles. The second-order valence-electron chi connectivity index (χ2n) is 4.85. The van der Waals surface area contributed by atoms with Crippen LogP contribution in [0.1, 0.15) is 33.6 Å². The van der Waals surface area contributed by atoms with Gasteiger partial charge in [-0.2, -0.15) is 11.8 Å². The summed E-state index contributed by atoms with van der Waals surface area (Å²) in [6.07, 6.45) is 1.69. The van der Waals surface area contributed by atoms with E-state index in [1.165, 1.54) is 17.9 Å². The zero-order valence-electron chi connectivity index (χ0n) is 9.84. The van der Waals surface area contributed by atoms with E-state index in [2.05, 4.69) is 5.32 Å². The van der Waals surface area contributed by atoms with Crippen molar-refractivity contribution in [1.82, 2.24) is 5.32 Å². The number of nitrogens with one attached hydrogen (secondary N) is 1. The predicted octanol–water partition coefficient (Wildman–Crippen LogP) is 1.81. The van der Waals surface area contributed by atoms with Gasteiger partial charge in [-0.05, 0) is 32.9 Å². The number of carbonyl (C=O) groups excluding carboxylic acids is 1. The molecule has 1 heterocycles. The molecule has 1 atom stereocenters. The molecule has 0 aromatic carbocycles. The van der Waals surface area contributed by atoms with E-state index in [9.17, 15) is 4.79 Å². The SMILES string of the molecule is CC(C)(C)OC(=O)CCNC1CCSC1. The zero-order valence-corrected chi connectivity index (χ0v) is 10.7. The number of hydrogen-bond donors (Lipinski definition) is 1. The van der Waals surface area contributed by atoms with E-state index in [0.29, 0.717) is 12.5 Å². The van der Waals surface area contributed by atoms with E-state index in [1.807, 2.05) is 32.5 Å². The van der Waals surface area contributed by atoms with Crippen LogP contribution >= 0.6 is 11.8 Å². The molecule has 1 unspecified atom stereocenters. The second-order valence-corrected chi connectivity index (χ2v) is 6.00. The van der Waals surface area contributed by atoms with Crippen molar-refractivity contribution in [2.45, 2.75) is 45.3 Å². The first-order chi connectivity index (χ1) is 6.97. The van der Waals surface area contributed by atoms with Crippen molar-refractivity contribution < 1.29 is 9.53 Å². The number of esters is 1. The average molecular weight is 231 g/mol. The van der Waals surface area contributed by atoms with Gasteiger partial charge in [-0.1, -0.05) is 0 Å². The molecule has 4 heteroatoms. The maximum atomic E-state index is 11.4. The Balaban J connectivity index is 2.06. The Morgan fingerprint density at radius 3 is 2.80 bits per heavy atom. The van der Waals surface area contributed by atoms with Crippen LogP contribution in [0.5, 0.6) is 0 Å². The highest BCUT2D eigenvalue weighted by atomic mass is 32.2. The fourth-order valence-electron chi connectivity index (χ4n) is 1.47. The van der Waals surface area contributed by atoms with Gasteiger partial charge in [0.2, 0.25) is 0 Å². The minimum atomic E-state index is -0.361. The summed E-state index contributed by atoms with van der Waals surface area (Å²) in [6.45, 7) is 6.42. The van der Waals surface area contributed by atoms with Crippen molar-refractivity contribution in [3.8, 4) is 0 Å². The molecule has 3 nitrogen and oxygen atoms in total. The van der Waals surface area contributed by atoms with Crippen molar-refractivity contribution >= 4 is 17.7 Å². The van der Waals surface area contributed by atoms with Crippen LogP contribution in [-0.4, -0.2) is 35.7 Å². The first-order valence-corrected chi connectivity index (χ1v) is 6.66. The van der Waals surface area contributed by atoms with Crippen molar-refractivity contribution in [2.75, 3.05) is 18.1 Å². The summed E-state index contributed by atoms with van der Waals surface area (Å²) in [7, 11) is 0. The van der Waals surface area contributed by atoms with E-state index >= 15 is 0 Å². The number of rotatable bonds is 4. The molecule has 15 heavy (non-hydrogen) atoms. The molecule has 1 rings (SSSR count). The molecule has 0 radical (unpaired) electrons. The Kier molecular flexibility index (Phi) is 4.93. The maximum absolute atomic E-state index is 11.4. The van der Waals surface area contributed by atoms with Gasteiger partial charge in [0.05, 0.1) is 6.42 Å². The van der Waals surface area contributed by atoms with E-state index in [0.717, 1.165) is 6.54 Å². The normalized spacial score (nSPS) is 21.7. The molecule has 1 N–H and O–H groups in total. The summed E-state index contributed by atoms with van der Waals surface area (Å²) in [5, 5.41) is 3.38. The molecule has 0 amide bonds. The Morgan fingerprint density at radius 1 is 1.53 bits per heavy atom. The van der Waals surface area contributed by atoms with Gasteiger partial charge in [-0.25, -0.2) is 0 Å². The highest BCUT2D eigenvalue weighted by Crippen LogP contribution is 2.16. The summed E-state index contributed by atoms with van der Waals surface area (Å²) in [5.74, 6) is 2.30. The van der Waals surface area contributed by atoms with Gasteiger partial charge in [0.1, 0.15) is 5.60 Å². The molecule has 0 bridgehead atoms. The first kappa shape index (κ1) is 12.8. The van der Waals surface area contributed by atoms with Crippen LogP contribution in [0.3, 0.4) is 0 Å². The molecular formula is C11H21NO2S. The average Bonchev–Trinajstić information content (AvgIpc) is 2.53. The fourth-order valence-corrected chi connectivity index (χ4v) is 2.65. The maximum Gasteiger partial charge on any atom is 0.307 e. The summed E-state index contributed by atoms with van der Waals surface area (Å²) < 4.78 is 5.22. The van der Waals surface area contributed by atoms with E-state index in [4.69, 9.17) is 4.74 Å². The lowest BCUT2D eigenvalue weighted by Crippen LogP contribution is -2.32. The minimum Gasteiger partial charge on any atom is -0.460 e. The molecule has 0 aromatic rings. The molecule has 1 aliphatic rings. The van der Waals surface area contributed by atoms with Crippen LogP contribution in [0.15, 0.2) is 0 Å². The summed E-state index contributed by atoms with van der Waals surface area (Å²) >= 11 is 1.97. The standard InChI is InChI=1S/C11H21NO2S/c1-11(2,3)14-10(13)4-6-12-9-5-7-15-8-9/h9,12H,4-8H2,1-3H3. The van der Waals surface area contributed by atoms with Gasteiger partial charge in [0.25, 0.3) is 0 Å². The molecule has 0 spiro atoms. The van der Waals surface area contributed by atoms with Crippen LogP contribution in [0.2, 0.25) is 0 Å². The van der Waals surface area contributed by atoms with Crippen molar-refractivity contribution in [3.05, 3.63) is 0 Å². The van der Waals surface area contributed by atoms with Crippen LogP contribution < -0.4 is 5.32 Å². The molecule has 1 aliphatic heterocycles. The Labute approximate surface area is 96.3 Å². The second kappa shape index (κ2) is 5.75. The Bertz CT molecular complexity index is 207. The molecule has 1 saturated heterocycles. The summed E-state index contributed by atoms with van der Waals surface area (Å²) in [5.41, 5.74) is -0.361. The third-order valence-electron chi connectivity index (χ3n) is 2.11. The number of hydrogen-bond acceptors (Lipinski definition) is 4. The van der Waals surface area contributed by atoms with Crippen molar-refractivity contribution in [1.29, 1.82) is 0 Å². The zero-order chi connectivity index (χ0) is 11.3. The molecule has 0 aromatic heterocycles. The monoisotopic (exact) mass is 231 g/mol. The van der Waals surface area contributed by atoms with E-state index in [-0.39, 0.29) is 11.6 Å². The summed E-state index contributed by atoms with van der Waals surface area (Å²) in [6, 6.07) is 0.595. The van der Waals surface area contributed by atoms with Gasteiger partial charge in [-0.3, -0.25) is 4.79 Å². The van der Waals surface area contributed by atoms with Gasteiger partial charge >= 0.3 is 5.97 Å². The lowest BCUT2D eigenvalue weighted by atomic mass is 10.2. The third-order valence-corrected chi connectivity index (χ3v) is 3.27. The quantitative estimate of drug-likeness (QED) is 0.749. The summed E-state index contributed by atoms with van der Waals surface area (Å²) in [4.78, 5) is 11.4. The van der Waals surface area contributed by atoms with Crippen molar-refractivity contribution in [2.24, 2.45) is 0 Å². The largest absolute Gasteiger partial charge is 0.460 e. The highest BCUT2D eigenvalue weighted by Gasteiger charge is 2.17. The van der Waals surface area contributed by atoms with Gasteiger partial charge in [0, 0.05) is 18.3 Å². The molecular weight excluding hydrogens is 210 g/mol. The van der Waals surface area contributed by atoms with Crippen LogP contribution in [0.25, 0.3) is 0 Å². The van der Waals surface area contributed by atoms with Crippen LogP contribution in [0, 0.1) is 0 Å². The van der Waals surface area contributed by atoms with Gasteiger partial charge < -0.3 is 10.1 Å². The topological polar surface area (TPSA) is 38.3 Å². The van der Waals surface area contributed by atoms with E-state index < -0.39 is 0 Å². The minimum absolute atomic E-state index is 0.111. The molecule has 1 fully saturated rings. The Morgan fingerprint density at radius 2 is 2.27 bits per heavy atom. The third kappa shape index (κ3) is 6.05. The Hall–Kier alpha value is -0.220. The smallest absolute Gasteiger partial charge is 0.307 e. The highest BCUT2D eigenvalue weighted by molar-refractivity contribution is 7.99. The van der Waals surface area contributed by atoms with E-state index in [1.54, 1.807) is 0 Å². The van der Waals surface area contributed by atoms with Gasteiger partial charge in [0.15, 0.2) is 0 Å². The van der Waals surface area contributed by atoms with Crippen LogP contribution in [-0.2, 0) is 9.53 Å². The van der Waals surface area contributed by atoms with Crippen LogP contribution in [0.4, 0.5) is 0 Å².